The normalized spacial score (nSPS) is 19.8. The minimum Gasteiger partial charge on any atom is -0.508 e. The Morgan fingerprint density at radius 2 is 2.00 bits per heavy atom. The van der Waals surface area contributed by atoms with Crippen LogP contribution in [0.15, 0.2) is 42.6 Å². The Morgan fingerprint density at radius 3 is 2.60 bits per heavy atom. The zero-order valence-electron chi connectivity index (χ0n) is 18.8. The van der Waals surface area contributed by atoms with Gasteiger partial charge in [0.1, 0.15) is 5.75 Å². The highest BCUT2D eigenvalue weighted by Crippen LogP contribution is 2.40. The van der Waals surface area contributed by atoms with Crippen molar-refractivity contribution in [3.05, 3.63) is 59.4 Å². The Bertz CT molecular complexity index is 846. The first-order valence-corrected chi connectivity index (χ1v) is 11.2. The number of amides is 1. The fourth-order valence-electron chi connectivity index (χ4n) is 4.71. The van der Waals surface area contributed by atoms with Crippen molar-refractivity contribution in [1.82, 2.24) is 14.8 Å². The van der Waals surface area contributed by atoms with Gasteiger partial charge in [-0.05, 0) is 69.0 Å². The van der Waals surface area contributed by atoms with Crippen molar-refractivity contribution in [2.75, 3.05) is 32.7 Å². The maximum Gasteiger partial charge on any atom is 0.255 e. The van der Waals surface area contributed by atoms with Crippen LogP contribution in [0.2, 0.25) is 0 Å². The molecule has 1 aliphatic rings. The molecule has 0 saturated carbocycles. The summed E-state index contributed by atoms with van der Waals surface area (Å²) in [6.45, 7) is 12.8. The van der Waals surface area contributed by atoms with Crippen molar-refractivity contribution < 1.29 is 9.90 Å². The lowest BCUT2D eigenvalue weighted by atomic mass is 9.71. The van der Waals surface area contributed by atoms with Gasteiger partial charge < -0.3 is 14.9 Å². The maximum absolute atomic E-state index is 12.7. The van der Waals surface area contributed by atoms with Crippen molar-refractivity contribution in [3.8, 4) is 5.75 Å². The monoisotopic (exact) mass is 409 g/mol. The molecule has 3 rings (SSSR count). The van der Waals surface area contributed by atoms with Crippen molar-refractivity contribution in [2.45, 2.75) is 46.0 Å². The second kappa shape index (κ2) is 9.61. The summed E-state index contributed by atoms with van der Waals surface area (Å²) in [4.78, 5) is 21.8. The van der Waals surface area contributed by atoms with Gasteiger partial charge in [0.15, 0.2) is 0 Å². The average Bonchev–Trinajstić information content (AvgIpc) is 2.74. The van der Waals surface area contributed by atoms with E-state index in [0.717, 1.165) is 43.7 Å². The number of likely N-dealkylation sites (tertiary alicyclic amines) is 1. The quantitative estimate of drug-likeness (QED) is 0.740. The summed E-state index contributed by atoms with van der Waals surface area (Å²) < 4.78 is 0. The van der Waals surface area contributed by atoms with Gasteiger partial charge in [0.25, 0.3) is 5.91 Å². The number of phenols is 1. The zero-order valence-corrected chi connectivity index (χ0v) is 18.8. The topological polar surface area (TPSA) is 56.7 Å². The predicted molar refractivity (Wildman–Crippen MR) is 121 cm³/mol. The molecule has 2 aromatic rings. The minimum atomic E-state index is -0.289. The van der Waals surface area contributed by atoms with Gasteiger partial charge in [0, 0.05) is 32.4 Å². The molecule has 30 heavy (non-hydrogen) atoms. The maximum atomic E-state index is 12.7. The first-order chi connectivity index (χ1) is 14.4. The molecule has 1 N–H and O–H groups in total. The van der Waals surface area contributed by atoms with Gasteiger partial charge in [0.2, 0.25) is 0 Å². The third kappa shape index (κ3) is 4.67. The van der Waals surface area contributed by atoms with E-state index in [4.69, 9.17) is 4.98 Å². The highest BCUT2D eigenvalue weighted by molar-refractivity contribution is 5.93. The number of piperidine rings is 1. The van der Waals surface area contributed by atoms with Crippen LogP contribution in [0.3, 0.4) is 0 Å². The van der Waals surface area contributed by atoms with E-state index in [-0.39, 0.29) is 17.1 Å². The van der Waals surface area contributed by atoms with Gasteiger partial charge in [-0.3, -0.25) is 9.78 Å². The van der Waals surface area contributed by atoms with Crippen molar-refractivity contribution in [2.24, 2.45) is 5.92 Å². The number of hydrogen-bond acceptors (Lipinski definition) is 4. The first kappa shape index (κ1) is 22.3. The molecule has 1 aromatic carbocycles. The van der Waals surface area contributed by atoms with Crippen molar-refractivity contribution >= 4 is 5.91 Å². The largest absolute Gasteiger partial charge is 0.508 e. The summed E-state index contributed by atoms with van der Waals surface area (Å²) in [5.74, 6) is 0.892. The van der Waals surface area contributed by atoms with Crippen molar-refractivity contribution in [1.29, 1.82) is 0 Å². The Balaban J connectivity index is 2.00. The number of rotatable bonds is 7. The second-order valence-corrected chi connectivity index (χ2v) is 8.77. The smallest absolute Gasteiger partial charge is 0.255 e. The van der Waals surface area contributed by atoms with Gasteiger partial charge in [-0.15, -0.1) is 0 Å². The van der Waals surface area contributed by atoms with Crippen LogP contribution in [0.1, 0.15) is 62.2 Å². The lowest BCUT2D eigenvalue weighted by Crippen LogP contribution is -2.48. The number of carbonyl (C=O) groups excluding carboxylic acids is 1. The van der Waals surface area contributed by atoms with Crippen LogP contribution in [0, 0.1) is 5.92 Å². The average molecular weight is 410 g/mol. The number of hydrogen-bond donors (Lipinski definition) is 1. The van der Waals surface area contributed by atoms with Crippen LogP contribution in [0.25, 0.3) is 0 Å². The van der Waals surface area contributed by atoms with Gasteiger partial charge in [0.05, 0.1) is 16.7 Å². The fraction of sp³-hybridized carbons (Fsp3) is 0.520. The van der Waals surface area contributed by atoms with Gasteiger partial charge in [-0.1, -0.05) is 26.0 Å². The molecule has 1 fully saturated rings. The molecule has 1 unspecified atom stereocenters. The molecule has 0 radical (unpaired) electrons. The SMILES string of the molecule is CCN(CC)C(=O)c1ccc(C2(c3cccc(O)c3)CCCN(CC(C)C)C2)nc1. The Hall–Kier alpha value is -2.40. The van der Waals surface area contributed by atoms with E-state index in [0.29, 0.717) is 24.6 Å². The highest BCUT2D eigenvalue weighted by atomic mass is 16.3. The minimum absolute atomic E-state index is 0.0236. The van der Waals surface area contributed by atoms with Crippen LogP contribution >= 0.6 is 0 Å². The highest BCUT2D eigenvalue weighted by Gasteiger charge is 2.40. The predicted octanol–water partition coefficient (Wildman–Crippen LogP) is 4.31. The molecular formula is C25H35N3O2. The van der Waals surface area contributed by atoms with E-state index in [1.165, 1.54) is 0 Å². The van der Waals surface area contributed by atoms with E-state index in [2.05, 4.69) is 24.8 Å². The summed E-state index contributed by atoms with van der Waals surface area (Å²) >= 11 is 0. The third-order valence-electron chi connectivity index (χ3n) is 6.14. The Labute approximate surface area is 180 Å². The van der Waals surface area contributed by atoms with E-state index >= 15 is 0 Å². The number of nitrogens with zero attached hydrogens (tertiary/aromatic N) is 3. The molecule has 5 heteroatoms. The molecule has 0 aliphatic carbocycles. The van der Waals surface area contributed by atoms with Crippen LogP contribution in [0.4, 0.5) is 0 Å². The number of phenolic OH excluding ortho intramolecular Hbond substituents is 1. The van der Waals surface area contributed by atoms with Crippen LogP contribution < -0.4 is 0 Å². The molecule has 1 saturated heterocycles. The molecule has 1 amide bonds. The molecule has 5 nitrogen and oxygen atoms in total. The molecule has 1 aliphatic heterocycles. The van der Waals surface area contributed by atoms with Gasteiger partial charge in [-0.2, -0.15) is 0 Å². The number of pyridine rings is 1. The summed E-state index contributed by atoms with van der Waals surface area (Å²) in [6.07, 6.45) is 3.77. The fourth-order valence-corrected chi connectivity index (χ4v) is 4.71. The Kier molecular flexibility index (Phi) is 7.14. The van der Waals surface area contributed by atoms with Crippen LogP contribution in [-0.4, -0.2) is 58.5 Å². The molecule has 0 spiro atoms. The second-order valence-electron chi connectivity index (χ2n) is 8.77. The zero-order chi connectivity index (χ0) is 21.7. The lowest BCUT2D eigenvalue weighted by Gasteiger charge is -2.43. The summed E-state index contributed by atoms with van der Waals surface area (Å²) in [7, 11) is 0. The van der Waals surface area contributed by atoms with E-state index < -0.39 is 0 Å². The number of aromatic hydroxyl groups is 1. The van der Waals surface area contributed by atoms with E-state index in [9.17, 15) is 9.90 Å². The number of benzene rings is 1. The molecule has 2 heterocycles. The van der Waals surface area contributed by atoms with Gasteiger partial charge >= 0.3 is 0 Å². The summed E-state index contributed by atoms with van der Waals surface area (Å²) in [5, 5.41) is 10.2. The standard InChI is InChI=1S/C25H35N3O2/c1-5-28(6-2)24(30)20-11-12-23(26-16-20)25(21-9-7-10-22(29)15-21)13-8-14-27(18-25)17-19(3)4/h7,9-12,15-16,19,29H,5-6,8,13-14,17-18H2,1-4H3. The molecular weight excluding hydrogens is 374 g/mol. The summed E-state index contributed by atoms with van der Waals surface area (Å²) in [5.41, 5.74) is 2.40. The van der Waals surface area contributed by atoms with Crippen LogP contribution in [0.5, 0.6) is 5.75 Å². The first-order valence-electron chi connectivity index (χ1n) is 11.2. The molecule has 1 aromatic heterocycles. The lowest BCUT2D eigenvalue weighted by molar-refractivity contribution is 0.0772. The number of aromatic nitrogens is 1. The summed E-state index contributed by atoms with van der Waals surface area (Å²) in [6, 6.07) is 11.5. The third-order valence-corrected chi connectivity index (χ3v) is 6.14. The van der Waals surface area contributed by atoms with E-state index in [1.807, 2.05) is 43.0 Å². The Morgan fingerprint density at radius 1 is 1.23 bits per heavy atom. The van der Waals surface area contributed by atoms with E-state index in [1.54, 1.807) is 12.3 Å². The number of carbonyl (C=O) groups is 1. The molecule has 162 valence electrons. The van der Waals surface area contributed by atoms with Gasteiger partial charge in [-0.25, -0.2) is 0 Å². The van der Waals surface area contributed by atoms with Crippen molar-refractivity contribution in [3.63, 3.8) is 0 Å². The molecule has 1 atom stereocenters. The molecule has 0 bridgehead atoms. The van der Waals surface area contributed by atoms with Crippen LogP contribution in [-0.2, 0) is 5.41 Å².